The van der Waals surface area contributed by atoms with Gasteiger partial charge in [0.2, 0.25) is 5.91 Å². The van der Waals surface area contributed by atoms with Crippen LogP contribution in [0.5, 0.6) is 0 Å². The Morgan fingerprint density at radius 2 is 2.00 bits per heavy atom. The predicted molar refractivity (Wildman–Crippen MR) is 72.6 cm³/mol. The van der Waals surface area contributed by atoms with Gasteiger partial charge in [-0.25, -0.2) is 8.42 Å². The zero-order valence-electron chi connectivity index (χ0n) is 11.6. The van der Waals surface area contributed by atoms with Gasteiger partial charge < -0.3 is 20.5 Å². The Balaban J connectivity index is 3.57. The highest BCUT2D eigenvalue weighted by Gasteiger charge is 2.15. The minimum absolute atomic E-state index is 0.0816. The van der Waals surface area contributed by atoms with Crippen LogP contribution in [0.3, 0.4) is 0 Å². The second-order valence-electron chi connectivity index (χ2n) is 4.27. The molecule has 0 aromatic rings. The number of methoxy groups -OCH3 is 1. The molecule has 0 saturated heterocycles. The van der Waals surface area contributed by atoms with Gasteiger partial charge in [-0.05, 0) is 12.8 Å². The Morgan fingerprint density at radius 1 is 1.32 bits per heavy atom. The molecule has 0 rings (SSSR count). The smallest absolute Gasteiger partial charge is 0.236 e. The predicted octanol–water partition coefficient (Wildman–Crippen LogP) is -1.08. The molecule has 0 aliphatic rings. The molecule has 7 nitrogen and oxygen atoms in total. The summed E-state index contributed by atoms with van der Waals surface area (Å²) < 4.78 is 31.9. The van der Waals surface area contributed by atoms with Crippen molar-refractivity contribution in [3.63, 3.8) is 0 Å². The van der Waals surface area contributed by atoms with Crippen LogP contribution in [0.2, 0.25) is 0 Å². The van der Waals surface area contributed by atoms with Crippen LogP contribution >= 0.6 is 0 Å². The third-order valence-corrected chi connectivity index (χ3v) is 3.31. The second-order valence-corrected chi connectivity index (χ2v) is 6.53. The highest BCUT2D eigenvalue weighted by Crippen LogP contribution is 1.94. The van der Waals surface area contributed by atoms with Crippen LogP contribution in [0.4, 0.5) is 0 Å². The molecule has 1 amide bonds. The van der Waals surface area contributed by atoms with Crippen molar-refractivity contribution >= 4 is 15.7 Å². The highest BCUT2D eigenvalue weighted by molar-refractivity contribution is 7.90. The van der Waals surface area contributed by atoms with Gasteiger partial charge in [-0.15, -0.1) is 0 Å². The molecule has 114 valence electrons. The summed E-state index contributed by atoms with van der Waals surface area (Å²) in [5.41, 5.74) is 5.58. The molecule has 0 aromatic carbocycles. The number of carbonyl (C=O) groups excluding carboxylic acids is 1. The maximum Gasteiger partial charge on any atom is 0.236 e. The number of carbonyl (C=O) groups is 1. The van der Waals surface area contributed by atoms with Crippen molar-refractivity contribution in [2.45, 2.75) is 18.9 Å². The average molecular weight is 296 g/mol. The van der Waals surface area contributed by atoms with Crippen molar-refractivity contribution in [3.05, 3.63) is 0 Å². The van der Waals surface area contributed by atoms with Gasteiger partial charge in [0.1, 0.15) is 9.84 Å². The molecule has 0 fully saturated rings. The lowest BCUT2D eigenvalue weighted by molar-refractivity contribution is -0.122. The van der Waals surface area contributed by atoms with E-state index >= 15 is 0 Å². The number of nitrogens with two attached hydrogens (primary N) is 1. The van der Waals surface area contributed by atoms with Crippen LogP contribution in [-0.2, 0) is 24.1 Å². The van der Waals surface area contributed by atoms with E-state index in [1.165, 1.54) is 0 Å². The van der Waals surface area contributed by atoms with Crippen molar-refractivity contribution < 1.29 is 22.7 Å². The van der Waals surface area contributed by atoms with Gasteiger partial charge in [-0.2, -0.15) is 0 Å². The summed E-state index contributed by atoms with van der Waals surface area (Å²) in [5.74, 6) is -0.414. The van der Waals surface area contributed by atoms with Crippen molar-refractivity contribution in [2.75, 3.05) is 45.5 Å². The van der Waals surface area contributed by atoms with Gasteiger partial charge in [0.05, 0.1) is 25.0 Å². The number of amides is 1. The fraction of sp³-hybridized carbons (Fsp3) is 0.909. The summed E-state index contributed by atoms with van der Waals surface area (Å²) in [6.07, 6.45) is 1.93. The molecule has 0 spiro atoms. The van der Waals surface area contributed by atoms with Gasteiger partial charge in [0.15, 0.2) is 0 Å². The highest BCUT2D eigenvalue weighted by atomic mass is 32.2. The molecular weight excluding hydrogens is 272 g/mol. The Kier molecular flexibility index (Phi) is 9.76. The second kappa shape index (κ2) is 10.1. The lowest BCUT2D eigenvalue weighted by Crippen LogP contribution is -2.42. The molecule has 0 radical (unpaired) electrons. The number of nitrogens with one attached hydrogen (secondary N) is 1. The lowest BCUT2D eigenvalue weighted by atomic mass is 10.2. The molecular formula is C11H24N2O5S. The van der Waals surface area contributed by atoms with Gasteiger partial charge in [0.25, 0.3) is 0 Å². The number of hydrogen-bond acceptors (Lipinski definition) is 6. The van der Waals surface area contributed by atoms with Crippen molar-refractivity contribution in [1.82, 2.24) is 5.32 Å². The summed E-state index contributed by atoms with van der Waals surface area (Å²) >= 11 is 0. The van der Waals surface area contributed by atoms with Gasteiger partial charge in [-0.3, -0.25) is 4.79 Å². The summed E-state index contributed by atoms with van der Waals surface area (Å²) in [4.78, 5) is 11.5. The molecule has 0 aromatic heterocycles. The van der Waals surface area contributed by atoms with E-state index in [9.17, 15) is 13.2 Å². The summed E-state index contributed by atoms with van der Waals surface area (Å²) in [7, 11) is -1.48. The van der Waals surface area contributed by atoms with E-state index in [-0.39, 0.29) is 18.1 Å². The molecule has 8 heteroatoms. The van der Waals surface area contributed by atoms with E-state index < -0.39 is 15.9 Å². The van der Waals surface area contributed by atoms with E-state index in [0.29, 0.717) is 32.8 Å². The normalized spacial score (nSPS) is 13.2. The lowest BCUT2D eigenvalue weighted by Gasteiger charge is -2.11. The van der Waals surface area contributed by atoms with Crippen molar-refractivity contribution in [1.29, 1.82) is 0 Å². The van der Waals surface area contributed by atoms with Crippen LogP contribution < -0.4 is 11.1 Å². The Morgan fingerprint density at radius 3 is 2.58 bits per heavy atom. The Bertz CT molecular complexity index is 345. The van der Waals surface area contributed by atoms with Gasteiger partial charge in [0, 0.05) is 26.5 Å². The van der Waals surface area contributed by atoms with E-state index in [2.05, 4.69) is 5.32 Å². The summed E-state index contributed by atoms with van der Waals surface area (Å²) in [5, 5.41) is 2.64. The third kappa shape index (κ3) is 12.1. The van der Waals surface area contributed by atoms with E-state index in [0.717, 1.165) is 6.26 Å². The summed E-state index contributed by atoms with van der Waals surface area (Å²) in [6.45, 7) is 2.06. The number of hydrogen-bond donors (Lipinski definition) is 2. The number of sulfone groups is 1. The molecule has 0 heterocycles. The first-order valence-electron chi connectivity index (χ1n) is 6.14. The molecule has 1 atom stereocenters. The third-order valence-electron chi connectivity index (χ3n) is 2.33. The Labute approximate surface area is 114 Å². The summed E-state index contributed by atoms with van der Waals surface area (Å²) in [6, 6.07) is -0.788. The minimum atomic E-state index is -3.08. The standard InChI is InChI=1S/C11H24N2O5S/c1-17-7-8-18-6-3-5-13-11(14)10(12)4-9-19(2,15)16/h10H,3-9,12H2,1-2H3,(H,13,14). The van der Waals surface area contributed by atoms with Crippen molar-refractivity contribution in [2.24, 2.45) is 5.73 Å². The van der Waals surface area contributed by atoms with Gasteiger partial charge in [-0.1, -0.05) is 0 Å². The maximum absolute atomic E-state index is 11.5. The monoisotopic (exact) mass is 296 g/mol. The average Bonchev–Trinajstić information content (AvgIpc) is 2.33. The van der Waals surface area contributed by atoms with E-state index in [1.54, 1.807) is 7.11 Å². The number of rotatable bonds is 11. The fourth-order valence-electron chi connectivity index (χ4n) is 1.23. The van der Waals surface area contributed by atoms with E-state index in [4.69, 9.17) is 15.2 Å². The topological polar surface area (TPSA) is 108 Å². The SMILES string of the molecule is COCCOCCCNC(=O)C(N)CCS(C)(=O)=O. The van der Waals surface area contributed by atoms with E-state index in [1.807, 2.05) is 0 Å². The molecule has 19 heavy (non-hydrogen) atoms. The van der Waals surface area contributed by atoms with Crippen LogP contribution in [0.15, 0.2) is 0 Å². The quantitative estimate of drug-likeness (QED) is 0.469. The minimum Gasteiger partial charge on any atom is -0.382 e. The van der Waals surface area contributed by atoms with Crippen LogP contribution in [-0.4, -0.2) is 65.9 Å². The molecule has 3 N–H and O–H groups in total. The van der Waals surface area contributed by atoms with Crippen LogP contribution in [0, 0.1) is 0 Å². The van der Waals surface area contributed by atoms with Gasteiger partial charge >= 0.3 is 0 Å². The molecule has 0 bridgehead atoms. The first-order valence-corrected chi connectivity index (χ1v) is 8.20. The molecule has 0 aliphatic heterocycles. The molecule has 0 saturated carbocycles. The van der Waals surface area contributed by atoms with Crippen molar-refractivity contribution in [3.8, 4) is 0 Å². The molecule has 1 unspecified atom stereocenters. The zero-order chi connectivity index (χ0) is 14.7. The van der Waals surface area contributed by atoms with Crippen LogP contribution in [0.25, 0.3) is 0 Å². The largest absolute Gasteiger partial charge is 0.382 e. The fourth-order valence-corrected chi connectivity index (χ4v) is 1.92. The van der Waals surface area contributed by atoms with Crippen LogP contribution in [0.1, 0.15) is 12.8 Å². The zero-order valence-corrected chi connectivity index (χ0v) is 12.4. The maximum atomic E-state index is 11.5. The molecule has 0 aliphatic carbocycles. The first-order chi connectivity index (χ1) is 8.87. The first kappa shape index (κ1) is 18.3. The Hall–Kier alpha value is -0.700. The number of ether oxygens (including phenoxy) is 2.